The molecule has 3 aromatic carbocycles. The number of anilines is 2. The van der Waals surface area contributed by atoms with Gasteiger partial charge in [-0.1, -0.05) is 18.2 Å². The number of fused-ring (bicyclic) bond motifs is 2. The Balaban J connectivity index is 1.21. The number of nitrogens with one attached hydrogen (secondary N) is 2. The molecule has 20 heteroatoms. The summed E-state index contributed by atoms with van der Waals surface area (Å²) in [7, 11) is 0. The van der Waals surface area contributed by atoms with E-state index in [1.54, 1.807) is 68.1 Å². The van der Waals surface area contributed by atoms with Crippen molar-refractivity contribution in [1.29, 1.82) is 0 Å². The van der Waals surface area contributed by atoms with Crippen LogP contribution >= 0.6 is 12.2 Å². The summed E-state index contributed by atoms with van der Waals surface area (Å²) in [6.07, 6.45) is 0.272. The van der Waals surface area contributed by atoms with E-state index >= 15 is 0 Å². The van der Waals surface area contributed by atoms with Gasteiger partial charge in [-0.05, 0) is 78.3 Å². The van der Waals surface area contributed by atoms with Gasteiger partial charge in [0.1, 0.15) is 17.1 Å². The van der Waals surface area contributed by atoms with E-state index in [0.29, 0.717) is 33.5 Å². The number of hydrogen-bond acceptors (Lipinski definition) is 13. The third-order valence-electron chi connectivity index (χ3n) is 10.7. The molecule has 3 aromatic rings. The number of phenolic OH excluding ortho intramolecular Hbond substituents is 1. The third-order valence-corrected chi connectivity index (χ3v) is 10.9. The number of rotatable bonds is 14. The van der Waals surface area contributed by atoms with Gasteiger partial charge in [-0.2, -0.15) is 0 Å². The van der Waals surface area contributed by atoms with E-state index < -0.39 is 42.4 Å². The first-order chi connectivity index (χ1) is 30.5. The van der Waals surface area contributed by atoms with Gasteiger partial charge in [-0.25, -0.2) is 4.79 Å². The molecule has 0 amide bonds. The normalized spacial score (nSPS) is 16.1. The van der Waals surface area contributed by atoms with Crippen molar-refractivity contribution in [3.8, 4) is 28.2 Å². The van der Waals surface area contributed by atoms with Gasteiger partial charge in [0, 0.05) is 91.9 Å². The molecule has 0 aromatic heterocycles. The van der Waals surface area contributed by atoms with Crippen molar-refractivity contribution < 1.29 is 59.0 Å². The van der Waals surface area contributed by atoms with E-state index in [-0.39, 0.29) is 105 Å². The number of carbonyl (C=O) groups is 5. The lowest BCUT2D eigenvalue weighted by Gasteiger charge is -2.37. The van der Waals surface area contributed by atoms with Crippen LogP contribution in [-0.2, 0) is 25.6 Å². The number of nitrogens with zero attached hydrogens (tertiary/aromatic N) is 4. The van der Waals surface area contributed by atoms with Gasteiger partial charge in [0.25, 0.3) is 0 Å². The number of aromatic carboxylic acids is 1. The molecule has 2 aliphatic heterocycles. The van der Waals surface area contributed by atoms with Crippen LogP contribution in [0.25, 0.3) is 33.4 Å². The maximum Gasteiger partial charge on any atom is 0.336 e. The summed E-state index contributed by atoms with van der Waals surface area (Å²) < 4.78 is 5.91. The zero-order valence-electron chi connectivity index (χ0n) is 34.3. The van der Waals surface area contributed by atoms with Gasteiger partial charge in [-0.15, -0.1) is 0 Å². The largest absolute Gasteiger partial charge is 0.508 e. The van der Waals surface area contributed by atoms with Crippen LogP contribution in [0.4, 0.5) is 11.4 Å². The van der Waals surface area contributed by atoms with Crippen LogP contribution < -0.4 is 16.1 Å². The zero-order chi connectivity index (χ0) is 46.1. The molecule has 8 N–H and O–H groups in total. The van der Waals surface area contributed by atoms with Crippen LogP contribution in [0, 0.1) is 0 Å². The molecule has 1 saturated heterocycles. The first-order valence-corrected chi connectivity index (χ1v) is 20.4. The number of benzene rings is 4. The molecule has 0 radical (unpaired) electrons. The first kappa shape index (κ1) is 46.5. The van der Waals surface area contributed by atoms with Gasteiger partial charge in [0.2, 0.25) is 0 Å². The number of aromatic hydroxyl groups is 1. The minimum atomic E-state index is -1.23. The second-order valence-electron chi connectivity index (χ2n) is 15.3. The minimum Gasteiger partial charge on any atom is -0.508 e. The van der Waals surface area contributed by atoms with E-state index in [2.05, 4.69) is 10.6 Å². The summed E-state index contributed by atoms with van der Waals surface area (Å²) in [4.78, 5) is 78.9. The van der Waals surface area contributed by atoms with E-state index in [0.717, 1.165) is 5.56 Å². The molecular formula is C44H46N6O13S. The Labute approximate surface area is 370 Å². The number of thiocarbonyl (C=S) groups is 1. The molecule has 336 valence electrons. The van der Waals surface area contributed by atoms with Gasteiger partial charge in [0.15, 0.2) is 10.5 Å². The summed E-state index contributed by atoms with van der Waals surface area (Å²) in [5.41, 5.74) is 2.83. The minimum absolute atomic E-state index is 0.0760. The highest BCUT2D eigenvalue weighted by Crippen LogP contribution is 2.42. The second kappa shape index (κ2) is 20.9. The molecule has 6 rings (SSSR count). The zero-order valence-corrected chi connectivity index (χ0v) is 35.1. The standard InChI is InChI=1S/C44H46N6O13S/c51-30-6-9-33-36(19-30)63-37-20-31(52)7-10-34(37)42(33)32-8-5-28(18-35(32)43(61)62)46-44(64)45-27-3-1-26(2-4-27)17-29-21-49(24-40(57)58)14-13-47(22-38(53)54)11-12-48(23-39(55)56)15-16-50(29)25-41(59)60/h1-10,18-20,29,51H,11-17,21-25H2,(H,53,54)(H,55,56)(H,57,58)(H,59,60)(H,61,62)(H2,45,46,64). The quantitative estimate of drug-likeness (QED) is 0.0587. The van der Waals surface area contributed by atoms with E-state index in [1.807, 2.05) is 0 Å². The fraction of sp³-hybridized carbons (Fsp3) is 0.295. The fourth-order valence-electron chi connectivity index (χ4n) is 7.81. The van der Waals surface area contributed by atoms with Crippen molar-refractivity contribution in [1.82, 2.24) is 19.6 Å². The summed E-state index contributed by atoms with van der Waals surface area (Å²) in [5, 5.41) is 66.0. The van der Waals surface area contributed by atoms with Crippen molar-refractivity contribution >= 4 is 69.5 Å². The van der Waals surface area contributed by atoms with Gasteiger partial charge in [-0.3, -0.25) is 43.6 Å². The Morgan fingerprint density at radius 2 is 1.20 bits per heavy atom. The van der Waals surface area contributed by atoms with E-state index in [4.69, 9.17) is 16.6 Å². The predicted molar refractivity (Wildman–Crippen MR) is 238 cm³/mol. The smallest absolute Gasteiger partial charge is 0.336 e. The van der Waals surface area contributed by atoms with E-state index in [1.165, 1.54) is 30.3 Å². The van der Waals surface area contributed by atoms with Gasteiger partial charge < -0.3 is 45.7 Å². The second-order valence-corrected chi connectivity index (χ2v) is 15.8. The molecule has 3 aliphatic rings. The number of hydrogen-bond donors (Lipinski definition) is 8. The van der Waals surface area contributed by atoms with E-state index in [9.17, 15) is 59.4 Å². The molecule has 1 unspecified atom stereocenters. The number of carboxylic acids is 5. The summed E-state index contributed by atoms with van der Waals surface area (Å²) >= 11 is 5.58. The van der Waals surface area contributed by atoms with Crippen molar-refractivity contribution in [3.05, 3.63) is 100 Å². The summed E-state index contributed by atoms with van der Waals surface area (Å²) in [5.74, 6) is -5.51. The SMILES string of the molecule is O=C(O)CN1CCN(CC(=O)O)CCN(CC(=O)O)C(Cc2ccc(NC(=S)Nc3ccc(-c4c5ccc(=O)cc-5oc5cc(O)ccc45)c(C(=O)O)c3)cc2)CN(CC(=O)O)CC1. The maximum absolute atomic E-state index is 12.7. The average molecular weight is 899 g/mol. The van der Waals surface area contributed by atoms with Gasteiger partial charge in [0.05, 0.1) is 31.7 Å². The molecule has 0 bridgehead atoms. The number of carboxylic acid groups (broad SMARTS) is 5. The lowest BCUT2D eigenvalue weighted by atomic mass is 9.90. The fourth-order valence-corrected chi connectivity index (χ4v) is 8.05. The lowest BCUT2D eigenvalue weighted by molar-refractivity contribution is -0.142. The molecule has 2 heterocycles. The average Bonchev–Trinajstić information content (AvgIpc) is 3.21. The Hall–Kier alpha value is -6.97. The highest BCUT2D eigenvalue weighted by Gasteiger charge is 2.28. The molecular weight excluding hydrogens is 853 g/mol. The van der Waals surface area contributed by atoms with Crippen molar-refractivity contribution in [2.24, 2.45) is 0 Å². The van der Waals surface area contributed by atoms with Crippen LogP contribution in [0.1, 0.15) is 15.9 Å². The van der Waals surface area contributed by atoms with Crippen LogP contribution in [0.2, 0.25) is 0 Å². The number of aliphatic carboxylic acids is 4. The highest BCUT2D eigenvalue weighted by atomic mass is 32.1. The predicted octanol–water partition coefficient (Wildman–Crippen LogP) is 3.25. The topological polar surface area (TPSA) is 274 Å². The Morgan fingerprint density at radius 3 is 1.83 bits per heavy atom. The lowest BCUT2D eigenvalue weighted by Crippen LogP contribution is -2.53. The summed E-state index contributed by atoms with van der Waals surface area (Å²) in [6.45, 7) is -0.308. The van der Waals surface area contributed by atoms with Crippen molar-refractivity contribution in [3.63, 3.8) is 0 Å². The van der Waals surface area contributed by atoms with Crippen molar-refractivity contribution in [2.75, 3.05) is 82.6 Å². The molecule has 1 aliphatic carbocycles. The third kappa shape index (κ3) is 12.6. The molecule has 0 saturated carbocycles. The molecule has 0 spiro atoms. The van der Waals surface area contributed by atoms with Gasteiger partial charge >= 0.3 is 29.8 Å². The maximum atomic E-state index is 12.7. The molecule has 19 nitrogen and oxygen atoms in total. The monoisotopic (exact) mass is 898 g/mol. The van der Waals surface area contributed by atoms with Crippen LogP contribution in [0.15, 0.2) is 88.1 Å². The van der Waals surface area contributed by atoms with Crippen LogP contribution in [0.3, 0.4) is 0 Å². The Bertz CT molecular complexity index is 2590. The first-order valence-electron chi connectivity index (χ1n) is 20.0. The summed E-state index contributed by atoms with van der Waals surface area (Å²) in [6, 6.07) is 19.8. The highest BCUT2D eigenvalue weighted by molar-refractivity contribution is 7.80. The van der Waals surface area contributed by atoms with Crippen LogP contribution in [0.5, 0.6) is 5.75 Å². The molecule has 1 atom stereocenters. The van der Waals surface area contributed by atoms with Crippen molar-refractivity contribution in [2.45, 2.75) is 12.5 Å². The molecule has 1 fully saturated rings. The molecule has 64 heavy (non-hydrogen) atoms. The van der Waals surface area contributed by atoms with Crippen LogP contribution in [-0.4, -0.2) is 163 Å². The number of phenols is 1. The Kier molecular flexibility index (Phi) is 15.2. The Morgan fingerprint density at radius 1 is 0.641 bits per heavy atom.